The first-order chi connectivity index (χ1) is 8.47. The number of carbonyl (C=O) groups excluding carboxylic acids is 1. The SMILES string of the molecule is CN(CCCN)C(=O)c1ccc(F)cc1[N+](=O)[O-]. The van der Waals surface area contributed by atoms with E-state index in [1.807, 2.05) is 0 Å². The highest BCUT2D eigenvalue weighted by Gasteiger charge is 2.23. The predicted octanol–water partition coefficient (Wildman–Crippen LogP) is 1.15. The highest BCUT2D eigenvalue weighted by molar-refractivity contribution is 5.97. The average Bonchev–Trinajstić information content (AvgIpc) is 2.34. The zero-order chi connectivity index (χ0) is 13.7. The van der Waals surface area contributed by atoms with Crippen molar-refractivity contribution in [2.45, 2.75) is 6.42 Å². The fraction of sp³-hybridized carbons (Fsp3) is 0.364. The molecular weight excluding hydrogens is 241 g/mol. The molecule has 7 heteroatoms. The van der Waals surface area contributed by atoms with Crippen LogP contribution in [-0.4, -0.2) is 35.9 Å². The Morgan fingerprint density at radius 1 is 1.56 bits per heavy atom. The van der Waals surface area contributed by atoms with E-state index in [0.717, 1.165) is 18.2 Å². The van der Waals surface area contributed by atoms with E-state index < -0.39 is 22.3 Å². The second kappa shape index (κ2) is 6.06. The molecule has 6 nitrogen and oxygen atoms in total. The van der Waals surface area contributed by atoms with Gasteiger partial charge in [0.25, 0.3) is 11.6 Å². The van der Waals surface area contributed by atoms with Crippen LogP contribution in [0, 0.1) is 15.9 Å². The summed E-state index contributed by atoms with van der Waals surface area (Å²) in [5, 5.41) is 10.8. The van der Waals surface area contributed by atoms with Gasteiger partial charge in [-0.3, -0.25) is 14.9 Å². The van der Waals surface area contributed by atoms with Gasteiger partial charge < -0.3 is 10.6 Å². The molecule has 0 atom stereocenters. The zero-order valence-corrected chi connectivity index (χ0v) is 9.93. The molecule has 0 aliphatic heterocycles. The molecule has 0 bridgehead atoms. The first-order valence-electron chi connectivity index (χ1n) is 5.37. The molecule has 98 valence electrons. The van der Waals surface area contributed by atoms with Crippen molar-refractivity contribution in [1.82, 2.24) is 4.90 Å². The van der Waals surface area contributed by atoms with Crippen molar-refractivity contribution >= 4 is 11.6 Å². The first kappa shape index (κ1) is 14.0. The topological polar surface area (TPSA) is 89.5 Å². The molecule has 0 spiro atoms. The maximum atomic E-state index is 12.9. The minimum absolute atomic E-state index is 0.124. The lowest BCUT2D eigenvalue weighted by Gasteiger charge is -2.16. The summed E-state index contributed by atoms with van der Waals surface area (Å²) in [6.45, 7) is 0.812. The van der Waals surface area contributed by atoms with Gasteiger partial charge in [0.15, 0.2) is 0 Å². The number of nitro groups is 1. The van der Waals surface area contributed by atoms with Crippen LogP contribution in [0.2, 0.25) is 0 Å². The summed E-state index contributed by atoms with van der Waals surface area (Å²) in [4.78, 5) is 23.3. The summed E-state index contributed by atoms with van der Waals surface area (Å²) in [7, 11) is 1.52. The molecule has 1 amide bonds. The lowest BCUT2D eigenvalue weighted by Crippen LogP contribution is -2.29. The normalized spacial score (nSPS) is 10.2. The Hall–Kier alpha value is -2.02. The molecule has 0 heterocycles. The van der Waals surface area contributed by atoms with Gasteiger partial charge in [0.2, 0.25) is 0 Å². The summed E-state index contributed by atoms with van der Waals surface area (Å²) in [6.07, 6.45) is 0.594. The highest BCUT2D eigenvalue weighted by atomic mass is 19.1. The van der Waals surface area contributed by atoms with E-state index in [1.54, 1.807) is 0 Å². The monoisotopic (exact) mass is 255 g/mol. The predicted molar refractivity (Wildman–Crippen MR) is 63.7 cm³/mol. The summed E-state index contributed by atoms with van der Waals surface area (Å²) in [6, 6.07) is 2.88. The Bertz CT molecular complexity index is 465. The van der Waals surface area contributed by atoms with Gasteiger partial charge in [-0.1, -0.05) is 0 Å². The van der Waals surface area contributed by atoms with Crippen LogP contribution in [0.3, 0.4) is 0 Å². The van der Waals surface area contributed by atoms with Gasteiger partial charge in [-0.05, 0) is 25.1 Å². The molecule has 1 aromatic carbocycles. The molecule has 0 radical (unpaired) electrons. The van der Waals surface area contributed by atoms with Crippen LogP contribution in [-0.2, 0) is 0 Å². The molecule has 0 unspecified atom stereocenters. The molecule has 18 heavy (non-hydrogen) atoms. The first-order valence-corrected chi connectivity index (χ1v) is 5.37. The largest absolute Gasteiger partial charge is 0.341 e. The van der Waals surface area contributed by atoms with Crippen LogP contribution < -0.4 is 5.73 Å². The Balaban J connectivity index is 3.01. The van der Waals surface area contributed by atoms with Gasteiger partial charge in [-0.15, -0.1) is 0 Å². The molecule has 1 rings (SSSR count). The third-order valence-electron chi connectivity index (χ3n) is 2.43. The highest BCUT2D eigenvalue weighted by Crippen LogP contribution is 2.21. The van der Waals surface area contributed by atoms with Gasteiger partial charge in [0.05, 0.1) is 11.0 Å². The van der Waals surface area contributed by atoms with Gasteiger partial charge in [-0.25, -0.2) is 4.39 Å². The van der Waals surface area contributed by atoms with E-state index in [0.29, 0.717) is 19.5 Å². The zero-order valence-electron chi connectivity index (χ0n) is 9.93. The molecule has 0 aliphatic rings. The van der Waals surface area contributed by atoms with E-state index in [9.17, 15) is 19.3 Å². The number of nitro benzene ring substituents is 1. The molecule has 0 saturated heterocycles. The maximum absolute atomic E-state index is 12.9. The van der Waals surface area contributed by atoms with Gasteiger partial charge in [-0.2, -0.15) is 0 Å². The van der Waals surface area contributed by atoms with Crippen LogP contribution in [0.25, 0.3) is 0 Å². The van der Waals surface area contributed by atoms with E-state index in [1.165, 1.54) is 11.9 Å². The van der Waals surface area contributed by atoms with Crippen molar-refractivity contribution < 1.29 is 14.1 Å². The standard InChI is InChI=1S/C11H14FN3O3/c1-14(6-2-5-13)11(16)9-4-3-8(12)7-10(9)15(17)18/h3-4,7H,2,5-6,13H2,1H3. The molecular formula is C11H14FN3O3. The van der Waals surface area contributed by atoms with Crippen molar-refractivity contribution in [2.75, 3.05) is 20.1 Å². The van der Waals surface area contributed by atoms with Crippen molar-refractivity contribution in [2.24, 2.45) is 5.73 Å². The second-order valence-corrected chi connectivity index (χ2v) is 3.79. The minimum atomic E-state index is -0.771. The number of nitrogens with zero attached hydrogens (tertiary/aromatic N) is 2. The summed E-state index contributed by atoms with van der Waals surface area (Å²) < 4.78 is 12.9. The van der Waals surface area contributed by atoms with Crippen molar-refractivity contribution in [1.29, 1.82) is 0 Å². The maximum Gasteiger partial charge on any atom is 0.285 e. The Morgan fingerprint density at radius 2 is 2.22 bits per heavy atom. The van der Waals surface area contributed by atoms with Crippen LogP contribution in [0.5, 0.6) is 0 Å². The quantitative estimate of drug-likeness (QED) is 0.631. The van der Waals surface area contributed by atoms with Crippen LogP contribution >= 0.6 is 0 Å². The second-order valence-electron chi connectivity index (χ2n) is 3.79. The molecule has 0 saturated carbocycles. The molecule has 0 aliphatic carbocycles. The van der Waals surface area contributed by atoms with Crippen LogP contribution in [0.15, 0.2) is 18.2 Å². The lowest BCUT2D eigenvalue weighted by molar-refractivity contribution is -0.385. The Kier molecular flexibility index (Phi) is 4.73. The van der Waals surface area contributed by atoms with Gasteiger partial charge >= 0.3 is 0 Å². The van der Waals surface area contributed by atoms with E-state index in [-0.39, 0.29) is 5.56 Å². The van der Waals surface area contributed by atoms with Crippen molar-refractivity contribution in [3.8, 4) is 0 Å². The number of nitrogens with two attached hydrogens (primary N) is 1. The summed E-state index contributed by atoms with van der Waals surface area (Å²) in [5.74, 6) is -1.27. The number of amides is 1. The van der Waals surface area contributed by atoms with Crippen molar-refractivity contribution in [3.05, 3.63) is 39.7 Å². The van der Waals surface area contributed by atoms with E-state index >= 15 is 0 Å². The Labute approximate surface area is 103 Å². The molecule has 0 aromatic heterocycles. The number of carbonyl (C=O) groups is 1. The molecule has 2 N–H and O–H groups in total. The van der Waals surface area contributed by atoms with Crippen molar-refractivity contribution in [3.63, 3.8) is 0 Å². The molecule has 1 aromatic rings. The third kappa shape index (κ3) is 3.24. The number of halogens is 1. The number of hydrogen-bond donors (Lipinski definition) is 1. The fourth-order valence-corrected chi connectivity index (χ4v) is 1.47. The van der Waals surface area contributed by atoms with Crippen LogP contribution in [0.1, 0.15) is 16.8 Å². The summed E-state index contributed by atoms with van der Waals surface area (Å²) in [5.41, 5.74) is 4.67. The van der Waals surface area contributed by atoms with Crippen LogP contribution in [0.4, 0.5) is 10.1 Å². The third-order valence-corrected chi connectivity index (χ3v) is 2.43. The lowest BCUT2D eigenvalue weighted by atomic mass is 10.1. The number of benzene rings is 1. The molecule has 0 fully saturated rings. The van der Waals surface area contributed by atoms with E-state index in [4.69, 9.17) is 5.73 Å². The number of rotatable bonds is 5. The Morgan fingerprint density at radius 3 is 2.78 bits per heavy atom. The van der Waals surface area contributed by atoms with E-state index in [2.05, 4.69) is 0 Å². The van der Waals surface area contributed by atoms with Gasteiger partial charge in [0, 0.05) is 13.6 Å². The average molecular weight is 255 g/mol. The fourth-order valence-electron chi connectivity index (χ4n) is 1.47. The number of hydrogen-bond acceptors (Lipinski definition) is 4. The van der Waals surface area contributed by atoms with Gasteiger partial charge in [0.1, 0.15) is 11.4 Å². The smallest absolute Gasteiger partial charge is 0.285 e. The minimum Gasteiger partial charge on any atom is -0.341 e. The summed E-state index contributed by atoms with van der Waals surface area (Å²) >= 11 is 0.